The summed E-state index contributed by atoms with van der Waals surface area (Å²) in [4.78, 5) is 11.8. The maximum Gasteiger partial charge on any atom is 0.255 e. The summed E-state index contributed by atoms with van der Waals surface area (Å²) < 4.78 is 1.45. The van der Waals surface area contributed by atoms with E-state index in [1.54, 1.807) is 0 Å². The third kappa shape index (κ3) is 2.90. The normalized spacial score (nSPS) is 9.68. The number of anilines is 1. The van der Waals surface area contributed by atoms with Crippen molar-refractivity contribution >= 4 is 5.69 Å². The van der Waals surface area contributed by atoms with E-state index in [-0.39, 0.29) is 5.56 Å². The monoisotopic (exact) mass is 251 g/mol. The summed E-state index contributed by atoms with van der Waals surface area (Å²) in [5.74, 6) is 0. The van der Waals surface area contributed by atoms with Crippen molar-refractivity contribution in [3.05, 3.63) is 70.8 Å². The van der Waals surface area contributed by atoms with Gasteiger partial charge >= 0.3 is 0 Å². The van der Waals surface area contributed by atoms with Gasteiger partial charge in [-0.3, -0.25) is 9.36 Å². The molecule has 0 saturated heterocycles. The Morgan fingerprint density at radius 1 is 1.37 bits per heavy atom. The van der Waals surface area contributed by atoms with Crippen molar-refractivity contribution in [2.75, 3.05) is 5.32 Å². The maximum absolute atomic E-state index is 11.8. The molecule has 1 aromatic carbocycles. The van der Waals surface area contributed by atoms with Crippen molar-refractivity contribution in [2.24, 2.45) is 0 Å². The maximum atomic E-state index is 11.8. The van der Waals surface area contributed by atoms with Crippen LogP contribution in [0.4, 0.5) is 5.69 Å². The Balaban J connectivity index is 2.50. The predicted molar refractivity (Wildman–Crippen MR) is 75.2 cm³/mol. The number of nitrogens with one attached hydrogen (secondary N) is 1. The molecule has 0 aliphatic carbocycles. The van der Waals surface area contributed by atoms with Crippen LogP contribution >= 0.6 is 0 Å². The Hall–Kier alpha value is -2.80. The molecule has 19 heavy (non-hydrogen) atoms. The highest BCUT2D eigenvalue weighted by Crippen LogP contribution is 2.15. The smallest absolute Gasteiger partial charge is 0.255 e. The van der Waals surface area contributed by atoms with Crippen LogP contribution in [0.3, 0.4) is 0 Å². The summed E-state index contributed by atoms with van der Waals surface area (Å²) in [5.41, 5.74) is 2.63. The average molecular weight is 251 g/mol. The highest BCUT2D eigenvalue weighted by Gasteiger charge is 2.02. The Morgan fingerprint density at radius 2 is 2.16 bits per heavy atom. The first-order valence-corrected chi connectivity index (χ1v) is 5.76. The van der Waals surface area contributed by atoms with E-state index in [0.717, 1.165) is 11.4 Å². The van der Waals surface area contributed by atoms with Crippen molar-refractivity contribution < 1.29 is 0 Å². The number of aromatic nitrogens is 1. The first kappa shape index (κ1) is 12.7. The minimum absolute atomic E-state index is 0.175. The van der Waals surface area contributed by atoms with Crippen LogP contribution in [0, 0.1) is 11.3 Å². The second-order valence-corrected chi connectivity index (χ2v) is 4.19. The van der Waals surface area contributed by atoms with Crippen LogP contribution in [-0.4, -0.2) is 4.57 Å². The van der Waals surface area contributed by atoms with Crippen LogP contribution in [-0.2, 0) is 0 Å². The van der Waals surface area contributed by atoms with E-state index in [9.17, 15) is 4.79 Å². The lowest BCUT2D eigenvalue weighted by Crippen LogP contribution is -2.16. The Kier molecular flexibility index (Phi) is 3.48. The van der Waals surface area contributed by atoms with Gasteiger partial charge in [-0.25, -0.2) is 0 Å². The molecule has 0 saturated carbocycles. The molecule has 2 rings (SSSR count). The van der Waals surface area contributed by atoms with Gasteiger partial charge in [0.2, 0.25) is 0 Å². The van der Waals surface area contributed by atoms with Gasteiger partial charge in [0.15, 0.2) is 0 Å². The van der Waals surface area contributed by atoms with E-state index in [2.05, 4.69) is 11.9 Å². The standard InChI is InChI=1S/C15H13N3O/c1-11(2)17-13-4-3-5-14(8-13)18-10-12(9-16)6-7-15(18)19/h3-8,10,17H,1H2,2H3. The third-order valence-electron chi connectivity index (χ3n) is 2.52. The molecule has 0 aliphatic heterocycles. The van der Waals surface area contributed by atoms with Gasteiger partial charge in [0.1, 0.15) is 6.07 Å². The van der Waals surface area contributed by atoms with Crippen LogP contribution in [0.2, 0.25) is 0 Å². The van der Waals surface area contributed by atoms with Crippen molar-refractivity contribution in [2.45, 2.75) is 6.92 Å². The zero-order valence-corrected chi connectivity index (χ0v) is 10.6. The molecule has 0 aliphatic rings. The Bertz CT molecular complexity index is 723. The summed E-state index contributed by atoms with van der Waals surface area (Å²) in [6.45, 7) is 5.63. The summed E-state index contributed by atoms with van der Waals surface area (Å²) in [6.07, 6.45) is 1.53. The number of hydrogen-bond acceptors (Lipinski definition) is 3. The molecule has 0 amide bonds. The van der Waals surface area contributed by atoms with E-state index in [1.165, 1.54) is 22.9 Å². The summed E-state index contributed by atoms with van der Waals surface area (Å²) in [5, 5.41) is 12.0. The third-order valence-corrected chi connectivity index (χ3v) is 2.52. The fraction of sp³-hybridized carbons (Fsp3) is 0.0667. The van der Waals surface area contributed by atoms with Gasteiger partial charge in [0, 0.05) is 23.6 Å². The van der Waals surface area contributed by atoms with E-state index in [1.807, 2.05) is 37.3 Å². The van der Waals surface area contributed by atoms with Gasteiger partial charge in [-0.1, -0.05) is 12.6 Å². The van der Waals surface area contributed by atoms with Gasteiger partial charge in [0.25, 0.3) is 5.56 Å². The second kappa shape index (κ2) is 5.23. The second-order valence-electron chi connectivity index (χ2n) is 4.19. The number of hydrogen-bond donors (Lipinski definition) is 1. The van der Waals surface area contributed by atoms with Gasteiger partial charge in [-0.05, 0) is 31.2 Å². The van der Waals surface area contributed by atoms with Crippen LogP contribution in [0.25, 0.3) is 5.69 Å². The number of benzene rings is 1. The number of pyridine rings is 1. The van der Waals surface area contributed by atoms with E-state index in [4.69, 9.17) is 5.26 Å². The molecule has 4 heteroatoms. The molecule has 0 atom stereocenters. The first-order chi connectivity index (χ1) is 9.10. The molecule has 1 N–H and O–H groups in total. The lowest BCUT2D eigenvalue weighted by atomic mass is 10.2. The fourth-order valence-corrected chi connectivity index (χ4v) is 1.73. The van der Waals surface area contributed by atoms with Gasteiger partial charge in [-0.15, -0.1) is 0 Å². The van der Waals surface area contributed by atoms with Crippen LogP contribution in [0.5, 0.6) is 0 Å². The molecule has 0 spiro atoms. The summed E-state index contributed by atoms with van der Waals surface area (Å²) >= 11 is 0. The zero-order valence-electron chi connectivity index (χ0n) is 10.6. The van der Waals surface area contributed by atoms with Gasteiger partial charge < -0.3 is 5.32 Å². The SMILES string of the molecule is C=C(C)Nc1cccc(-n2cc(C#N)ccc2=O)c1. The highest BCUT2D eigenvalue weighted by atomic mass is 16.1. The molecule has 0 fully saturated rings. The average Bonchev–Trinajstić information content (AvgIpc) is 2.39. The lowest BCUT2D eigenvalue weighted by molar-refractivity contribution is 0.985. The fourth-order valence-electron chi connectivity index (χ4n) is 1.73. The molecule has 0 radical (unpaired) electrons. The molecule has 94 valence electrons. The zero-order chi connectivity index (χ0) is 13.8. The van der Waals surface area contributed by atoms with Crippen LogP contribution < -0.4 is 10.9 Å². The van der Waals surface area contributed by atoms with Crippen molar-refractivity contribution in [1.29, 1.82) is 5.26 Å². The van der Waals surface area contributed by atoms with E-state index < -0.39 is 0 Å². The number of nitriles is 1. The molecular formula is C15H13N3O. The number of rotatable bonds is 3. The quantitative estimate of drug-likeness (QED) is 0.912. The Labute approximate surface area is 111 Å². The Morgan fingerprint density at radius 3 is 2.84 bits per heavy atom. The van der Waals surface area contributed by atoms with Gasteiger partial charge in [-0.2, -0.15) is 5.26 Å². The van der Waals surface area contributed by atoms with E-state index in [0.29, 0.717) is 11.3 Å². The largest absolute Gasteiger partial charge is 0.360 e. The highest BCUT2D eigenvalue weighted by molar-refractivity contribution is 5.54. The molecule has 1 aromatic heterocycles. The summed E-state index contributed by atoms with van der Waals surface area (Å²) in [6, 6.07) is 12.3. The molecule has 1 heterocycles. The predicted octanol–water partition coefficient (Wildman–Crippen LogP) is 2.65. The first-order valence-electron chi connectivity index (χ1n) is 5.76. The minimum atomic E-state index is -0.175. The van der Waals surface area contributed by atoms with Crippen LogP contribution in [0.1, 0.15) is 12.5 Å². The van der Waals surface area contributed by atoms with E-state index >= 15 is 0 Å². The number of nitrogens with zero attached hydrogens (tertiary/aromatic N) is 2. The topological polar surface area (TPSA) is 57.8 Å². The van der Waals surface area contributed by atoms with Crippen LogP contribution in [0.15, 0.2) is 59.7 Å². The van der Waals surface area contributed by atoms with Crippen molar-refractivity contribution in [3.8, 4) is 11.8 Å². The number of allylic oxidation sites excluding steroid dienone is 1. The molecule has 0 bridgehead atoms. The minimum Gasteiger partial charge on any atom is -0.360 e. The molecule has 2 aromatic rings. The molecule has 0 unspecified atom stereocenters. The van der Waals surface area contributed by atoms with Crippen molar-refractivity contribution in [3.63, 3.8) is 0 Å². The molecular weight excluding hydrogens is 238 g/mol. The van der Waals surface area contributed by atoms with Gasteiger partial charge in [0.05, 0.1) is 11.3 Å². The lowest BCUT2D eigenvalue weighted by Gasteiger charge is -2.09. The van der Waals surface area contributed by atoms with Crippen molar-refractivity contribution in [1.82, 2.24) is 4.57 Å². The summed E-state index contributed by atoms with van der Waals surface area (Å²) in [7, 11) is 0. The molecule has 4 nitrogen and oxygen atoms in total.